The molecule has 4 nitrogen and oxygen atoms in total. The van der Waals surface area contributed by atoms with Gasteiger partial charge in [-0.25, -0.2) is 4.79 Å². The number of nitrogens with two attached hydrogens (primary N) is 1. The maximum absolute atomic E-state index is 11.6. The van der Waals surface area contributed by atoms with E-state index in [0.29, 0.717) is 0 Å². The highest BCUT2D eigenvalue weighted by Crippen LogP contribution is 2.17. The van der Waals surface area contributed by atoms with E-state index in [-0.39, 0.29) is 12.5 Å². The van der Waals surface area contributed by atoms with Gasteiger partial charge in [-0.2, -0.15) is 0 Å². The summed E-state index contributed by atoms with van der Waals surface area (Å²) in [6.45, 7) is 5.28. The number of hydrogen-bond acceptors (Lipinski definition) is 4. The van der Waals surface area contributed by atoms with Crippen LogP contribution in [0, 0.1) is 0 Å². The fourth-order valence-electron chi connectivity index (χ4n) is 1.54. The Hall–Kier alpha value is -1.39. The Bertz CT molecular complexity index is 384. The predicted molar refractivity (Wildman–Crippen MR) is 69.8 cm³/mol. The molecule has 2 atom stereocenters. The Kier molecular flexibility index (Phi) is 4.87. The Morgan fingerprint density at radius 3 is 2.39 bits per heavy atom. The largest absolute Gasteiger partial charge is 0.458 e. The third-order valence-electron chi connectivity index (χ3n) is 2.38. The van der Waals surface area contributed by atoms with Crippen LogP contribution in [0.5, 0.6) is 0 Å². The zero-order chi connectivity index (χ0) is 13.8. The van der Waals surface area contributed by atoms with E-state index in [4.69, 9.17) is 10.5 Å². The van der Waals surface area contributed by atoms with Gasteiger partial charge in [-0.05, 0) is 26.3 Å². The summed E-state index contributed by atoms with van der Waals surface area (Å²) in [4.78, 5) is 11.6. The normalized spacial score (nSPS) is 14.9. The number of esters is 1. The van der Waals surface area contributed by atoms with Crippen molar-refractivity contribution in [2.24, 2.45) is 5.73 Å². The zero-order valence-electron chi connectivity index (χ0n) is 11.1. The molecule has 0 aliphatic carbocycles. The molecule has 0 saturated heterocycles. The Labute approximate surface area is 108 Å². The summed E-state index contributed by atoms with van der Waals surface area (Å²) < 4.78 is 5.09. The minimum Gasteiger partial charge on any atom is -0.458 e. The molecule has 0 amide bonds. The summed E-state index contributed by atoms with van der Waals surface area (Å²) in [7, 11) is 0. The molecule has 0 heterocycles. The fraction of sp³-hybridized carbons (Fsp3) is 0.500. The van der Waals surface area contributed by atoms with E-state index in [0.717, 1.165) is 5.56 Å². The highest BCUT2D eigenvalue weighted by atomic mass is 16.6. The summed E-state index contributed by atoms with van der Waals surface area (Å²) in [6.07, 6.45) is -1.04. The second kappa shape index (κ2) is 5.98. The second-order valence-electron chi connectivity index (χ2n) is 5.30. The Balaban J connectivity index is 2.55. The van der Waals surface area contributed by atoms with Crippen LogP contribution in [0.3, 0.4) is 0 Å². The van der Waals surface area contributed by atoms with Crippen LogP contribution >= 0.6 is 0 Å². The highest BCUT2D eigenvalue weighted by Gasteiger charge is 2.25. The fourth-order valence-corrected chi connectivity index (χ4v) is 1.54. The van der Waals surface area contributed by atoms with Gasteiger partial charge in [0.05, 0.1) is 0 Å². The topological polar surface area (TPSA) is 72.5 Å². The SMILES string of the molecule is CC(C)(C)OC(=O)[C@@H](O)CC(N)c1ccccc1. The van der Waals surface area contributed by atoms with E-state index < -0.39 is 17.7 Å². The van der Waals surface area contributed by atoms with Gasteiger partial charge in [0.15, 0.2) is 6.10 Å². The monoisotopic (exact) mass is 251 g/mol. The first kappa shape index (κ1) is 14.7. The number of carbonyl (C=O) groups is 1. The van der Waals surface area contributed by atoms with Crippen molar-refractivity contribution in [1.29, 1.82) is 0 Å². The van der Waals surface area contributed by atoms with Gasteiger partial charge in [0.1, 0.15) is 5.60 Å². The number of rotatable bonds is 4. The number of aliphatic hydroxyl groups is 1. The average Bonchev–Trinajstić information content (AvgIpc) is 2.27. The van der Waals surface area contributed by atoms with E-state index in [1.807, 2.05) is 30.3 Å². The van der Waals surface area contributed by atoms with Crippen molar-refractivity contribution in [2.45, 2.75) is 44.9 Å². The minimum atomic E-state index is -1.19. The molecule has 1 rings (SSSR count). The maximum Gasteiger partial charge on any atom is 0.335 e. The molecule has 1 aromatic carbocycles. The molecule has 0 saturated carbocycles. The number of carbonyl (C=O) groups excluding carboxylic acids is 1. The van der Waals surface area contributed by atoms with Gasteiger partial charge in [0.25, 0.3) is 0 Å². The number of benzene rings is 1. The molecule has 1 unspecified atom stereocenters. The van der Waals surface area contributed by atoms with Crippen molar-refractivity contribution in [3.8, 4) is 0 Å². The standard InChI is InChI=1S/C14H21NO3/c1-14(2,3)18-13(17)12(16)9-11(15)10-7-5-4-6-8-10/h4-8,11-12,16H,9,15H2,1-3H3/t11?,12-/m0/s1. The first-order chi connectivity index (χ1) is 8.29. The Morgan fingerprint density at radius 1 is 1.33 bits per heavy atom. The van der Waals surface area contributed by atoms with Crippen LogP contribution < -0.4 is 5.73 Å². The molecule has 0 spiro atoms. The van der Waals surface area contributed by atoms with Crippen LogP contribution in [0.25, 0.3) is 0 Å². The Morgan fingerprint density at radius 2 is 1.89 bits per heavy atom. The van der Waals surface area contributed by atoms with E-state index >= 15 is 0 Å². The summed E-state index contributed by atoms with van der Waals surface area (Å²) in [6, 6.07) is 8.98. The van der Waals surface area contributed by atoms with Crippen molar-refractivity contribution in [2.75, 3.05) is 0 Å². The summed E-state index contributed by atoms with van der Waals surface area (Å²) in [5, 5.41) is 9.76. The molecule has 100 valence electrons. The van der Waals surface area contributed by atoms with Gasteiger partial charge in [-0.15, -0.1) is 0 Å². The van der Waals surface area contributed by atoms with Gasteiger partial charge in [-0.1, -0.05) is 30.3 Å². The lowest BCUT2D eigenvalue weighted by Gasteiger charge is -2.23. The third-order valence-corrected chi connectivity index (χ3v) is 2.38. The molecule has 18 heavy (non-hydrogen) atoms. The van der Waals surface area contributed by atoms with E-state index in [9.17, 15) is 9.90 Å². The molecule has 0 bridgehead atoms. The van der Waals surface area contributed by atoms with Crippen molar-refractivity contribution >= 4 is 5.97 Å². The maximum atomic E-state index is 11.6. The molecule has 3 N–H and O–H groups in total. The molecule has 0 radical (unpaired) electrons. The van der Waals surface area contributed by atoms with Crippen LogP contribution in [0.15, 0.2) is 30.3 Å². The summed E-state index contributed by atoms with van der Waals surface area (Å²) >= 11 is 0. The predicted octanol–water partition coefficient (Wildman–Crippen LogP) is 1.78. The lowest BCUT2D eigenvalue weighted by atomic mass is 10.0. The third kappa shape index (κ3) is 4.85. The van der Waals surface area contributed by atoms with E-state index in [1.165, 1.54) is 0 Å². The quantitative estimate of drug-likeness (QED) is 0.800. The molecular formula is C14H21NO3. The van der Waals surface area contributed by atoms with Crippen LogP contribution in [0.4, 0.5) is 0 Å². The molecule has 1 aromatic rings. The smallest absolute Gasteiger partial charge is 0.335 e. The lowest BCUT2D eigenvalue weighted by Crippen LogP contribution is -2.33. The van der Waals surface area contributed by atoms with Gasteiger partial charge >= 0.3 is 5.97 Å². The van der Waals surface area contributed by atoms with Crippen molar-refractivity contribution in [3.63, 3.8) is 0 Å². The van der Waals surface area contributed by atoms with Gasteiger partial charge in [-0.3, -0.25) is 0 Å². The molecule has 0 aliphatic heterocycles. The number of aliphatic hydroxyl groups excluding tert-OH is 1. The van der Waals surface area contributed by atoms with E-state index in [2.05, 4.69) is 0 Å². The number of ether oxygens (including phenoxy) is 1. The summed E-state index contributed by atoms with van der Waals surface area (Å²) in [5.41, 5.74) is 6.22. The molecular weight excluding hydrogens is 230 g/mol. The highest BCUT2D eigenvalue weighted by molar-refractivity contribution is 5.74. The van der Waals surface area contributed by atoms with Crippen LogP contribution in [-0.4, -0.2) is 22.8 Å². The average molecular weight is 251 g/mol. The van der Waals surface area contributed by atoms with Gasteiger partial charge < -0.3 is 15.6 Å². The lowest BCUT2D eigenvalue weighted by molar-refractivity contribution is -0.165. The van der Waals surface area contributed by atoms with E-state index in [1.54, 1.807) is 20.8 Å². The van der Waals surface area contributed by atoms with Crippen LogP contribution in [-0.2, 0) is 9.53 Å². The zero-order valence-corrected chi connectivity index (χ0v) is 11.1. The second-order valence-corrected chi connectivity index (χ2v) is 5.30. The van der Waals surface area contributed by atoms with Crippen molar-refractivity contribution < 1.29 is 14.6 Å². The summed E-state index contributed by atoms with van der Waals surface area (Å²) in [5.74, 6) is -0.631. The molecule has 0 aliphatic rings. The van der Waals surface area contributed by atoms with Crippen molar-refractivity contribution in [1.82, 2.24) is 0 Å². The van der Waals surface area contributed by atoms with Crippen LogP contribution in [0.1, 0.15) is 38.8 Å². The first-order valence-electron chi connectivity index (χ1n) is 6.01. The van der Waals surface area contributed by atoms with Gasteiger partial charge in [0, 0.05) is 12.5 Å². The molecule has 4 heteroatoms. The van der Waals surface area contributed by atoms with Gasteiger partial charge in [0.2, 0.25) is 0 Å². The molecule has 0 aromatic heterocycles. The van der Waals surface area contributed by atoms with Crippen molar-refractivity contribution in [3.05, 3.63) is 35.9 Å². The van der Waals surface area contributed by atoms with Crippen LogP contribution in [0.2, 0.25) is 0 Å². The number of hydrogen-bond donors (Lipinski definition) is 2. The first-order valence-corrected chi connectivity index (χ1v) is 6.01. The molecule has 0 fully saturated rings. The minimum absolute atomic E-state index is 0.152.